The summed E-state index contributed by atoms with van der Waals surface area (Å²) in [5.41, 5.74) is 23.4. The van der Waals surface area contributed by atoms with Crippen molar-refractivity contribution in [2.45, 2.75) is 150 Å². The molecule has 2 atom stereocenters. The van der Waals surface area contributed by atoms with Crippen molar-refractivity contribution in [3.63, 3.8) is 0 Å². The molecule has 0 aliphatic carbocycles. The molecule has 0 aliphatic heterocycles. The monoisotopic (exact) mass is 1590 g/mol. The third-order valence-corrected chi connectivity index (χ3v) is 14.9. The molecule has 0 fully saturated rings. The van der Waals surface area contributed by atoms with Crippen LogP contribution in [0.5, 0.6) is 0 Å². The summed E-state index contributed by atoms with van der Waals surface area (Å²) in [5, 5.41) is 64.9. The number of hydrogen-bond donors (Lipinski definition) is 6. The molecule has 0 saturated heterocycles. The maximum absolute atomic E-state index is 13.1. The van der Waals surface area contributed by atoms with Gasteiger partial charge >= 0.3 is 5.97 Å². The Bertz CT molecular complexity index is 4870. The Hall–Kier alpha value is -12.6. The average molecular weight is 1590 g/mol. The van der Waals surface area contributed by atoms with Crippen LogP contribution in [0.15, 0.2) is 157 Å². The number of fused-ring (bicyclic) bond motifs is 2. The standard InChI is InChI=1S/C22H21N9O2.C16H12N6O3.3C6H11N3.C5H10N4.C5H12O3S.C4H10O.C2H3N3.CH4/c1-13(11-30-7-5-26-29-30)9-16(32)19-21(23)28-20(22-24-6-8-33-22)18(27-19)15-3-4-17-25-10-14(2)31(17)12-15;1-8-6-19-10-3-2-9(7-22(8)10)11-12(15-18-4-5-25-15)21-14(17)13(20-11)16(23)24;2*1-6(2)5-9-4-3-7-8-9;1-6(2)5-9-7-3-4-8-9;1-5(6)4-9-3-2-7-8-9;1-5(2)4-8-9(3,6)7;1-4(2)3-5;1-2-4-5-3-1;/h3-8,10,12-13H,9,11H2,1-2H3,(H2,23,28);2-7H,1H3,(H2,17,21)(H,23,24);3*3-4,6H,5H2,1-2H3;2-3,5H,4,6H2,1H3;5H,4H2,1-3H3;4-5H,3H2,1-2H3;1-2H,(H,3,4,5);1H4/t13-;;;;;5-;;;;/m0....1..../s1. The summed E-state index contributed by atoms with van der Waals surface area (Å²) in [6.45, 7) is 33.1. The van der Waals surface area contributed by atoms with Gasteiger partial charge in [-0.25, -0.2) is 44.7 Å². The van der Waals surface area contributed by atoms with Crippen LogP contribution in [-0.2, 0) is 47.0 Å². The zero-order chi connectivity index (χ0) is 82.6. The van der Waals surface area contributed by atoms with Crippen LogP contribution in [0, 0.1) is 49.4 Å². The smallest absolute Gasteiger partial charge is 0.358 e. The second kappa shape index (κ2) is 46.9. The molecule has 0 radical (unpaired) electrons. The topological polar surface area (TPSA) is 529 Å². The lowest BCUT2D eigenvalue weighted by Gasteiger charge is -2.13. The van der Waals surface area contributed by atoms with Crippen LogP contribution in [0.1, 0.15) is 129 Å². The number of carbonyl (C=O) groups excluding carboxylic acids is 1. The number of carbonyl (C=O) groups is 2. The van der Waals surface area contributed by atoms with Crippen molar-refractivity contribution in [3.05, 3.63) is 171 Å². The summed E-state index contributed by atoms with van der Waals surface area (Å²) < 4.78 is 46.7. The van der Waals surface area contributed by atoms with Gasteiger partial charge in [0.15, 0.2) is 34.5 Å². The van der Waals surface area contributed by atoms with Gasteiger partial charge in [0.1, 0.15) is 40.9 Å². The first-order valence-corrected chi connectivity index (χ1v) is 37.7. The van der Waals surface area contributed by atoms with Crippen molar-refractivity contribution in [3.8, 4) is 45.7 Å². The molecule has 0 amide bonds. The minimum atomic E-state index is -3.22. The number of oxazole rings is 2. The molecule has 0 aliphatic rings. The van der Waals surface area contributed by atoms with Gasteiger partial charge in [-0.3, -0.25) is 27.7 Å². The normalized spacial score (nSPS) is 11.3. The number of Topliss-reactive ketones (excluding diaryl/α,β-unsaturated/α-hetero) is 1. The molecule has 0 aromatic carbocycles. The number of hydrogen-bond acceptors (Lipinski definition) is 31. The number of nitrogens with zero attached hydrogens (tertiary/aromatic N) is 27. The van der Waals surface area contributed by atoms with E-state index in [0.29, 0.717) is 59.5 Å². The Kier molecular flexibility index (Phi) is 37.8. The number of imidazole rings is 2. The van der Waals surface area contributed by atoms with Crippen LogP contribution in [-0.4, -0.2) is 195 Å². The van der Waals surface area contributed by atoms with E-state index in [-0.39, 0.29) is 84.6 Å². The molecule has 0 unspecified atom stereocenters. The molecule has 14 aromatic heterocycles. The molecule has 40 nitrogen and oxygen atoms in total. The van der Waals surface area contributed by atoms with Crippen LogP contribution in [0.25, 0.3) is 57.0 Å². The number of aliphatic hydroxyl groups excluding tert-OH is 1. The Balaban J connectivity index is 0.000000250. The van der Waals surface area contributed by atoms with E-state index in [2.05, 4.69) is 152 Å². The molecule has 14 heterocycles. The highest BCUT2D eigenvalue weighted by Crippen LogP contribution is 2.33. The number of carboxylic acids is 1. The zero-order valence-electron chi connectivity index (χ0n) is 66.0. The minimum Gasteiger partial charge on any atom is -0.476 e. The predicted octanol–water partition coefficient (Wildman–Crippen LogP) is 8.99. The van der Waals surface area contributed by atoms with Gasteiger partial charge in [-0.05, 0) is 80.5 Å². The zero-order valence-corrected chi connectivity index (χ0v) is 66.8. The lowest BCUT2D eigenvalue weighted by molar-refractivity contribution is 0.0691. The lowest BCUT2D eigenvalue weighted by Crippen LogP contribution is -2.22. The first-order chi connectivity index (χ1) is 53.9. The molecule has 9 N–H and O–H groups in total. The Morgan fingerprint density at radius 2 is 0.939 bits per heavy atom. The van der Waals surface area contributed by atoms with Crippen molar-refractivity contribution in [2.24, 2.45) is 41.2 Å². The first kappa shape index (κ1) is 92.0. The van der Waals surface area contributed by atoms with Crippen LogP contribution in [0.2, 0.25) is 0 Å². The number of nitrogens with one attached hydrogen (secondary N) is 1. The van der Waals surface area contributed by atoms with E-state index < -0.39 is 16.1 Å². The number of aromatic nitrogens is 28. The number of H-pyrrole nitrogens is 1. The van der Waals surface area contributed by atoms with E-state index in [1.54, 1.807) is 107 Å². The van der Waals surface area contributed by atoms with E-state index in [1.165, 1.54) is 24.9 Å². The molecule has 14 aromatic rings. The molecule has 612 valence electrons. The fourth-order valence-corrected chi connectivity index (χ4v) is 9.90. The highest BCUT2D eigenvalue weighted by Gasteiger charge is 2.25. The highest BCUT2D eigenvalue weighted by molar-refractivity contribution is 7.86. The van der Waals surface area contributed by atoms with E-state index >= 15 is 0 Å². The molecule has 114 heavy (non-hydrogen) atoms. The summed E-state index contributed by atoms with van der Waals surface area (Å²) in [4.78, 5) is 60.6. The maximum Gasteiger partial charge on any atom is 0.358 e. The number of aromatic carboxylic acids is 1. The van der Waals surface area contributed by atoms with Crippen molar-refractivity contribution in [1.29, 1.82) is 0 Å². The minimum absolute atomic E-state index is 0. The second-order valence-corrected chi connectivity index (χ2v) is 29.1. The molecular formula is C73H105N31O9S. The van der Waals surface area contributed by atoms with Crippen LogP contribution in [0.4, 0.5) is 11.6 Å². The Labute approximate surface area is 660 Å². The number of anilines is 2. The highest BCUT2D eigenvalue weighted by atomic mass is 32.2. The van der Waals surface area contributed by atoms with Gasteiger partial charge < -0.3 is 45.0 Å². The van der Waals surface area contributed by atoms with Crippen molar-refractivity contribution in [1.82, 2.24) is 139 Å². The maximum atomic E-state index is 13.1. The van der Waals surface area contributed by atoms with Gasteiger partial charge in [0.25, 0.3) is 10.1 Å². The number of aliphatic hydroxyl groups is 1. The molecule has 0 saturated carbocycles. The van der Waals surface area contributed by atoms with Crippen LogP contribution in [0.3, 0.4) is 0 Å². The number of nitrogens with two attached hydrogens (primary N) is 3. The quantitative estimate of drug-likeness (QED) is 0.0272. The first-order valence-electron chi connectivity index (χ1n) is 35.9. The molecule has 41 heteroatoms. The van der Waals surface area contributed by atoms with Gasteiger partial charge in [0, 0.05) is 111 Å². The largest absolute Gasteiger partial charge is 0.476 e. The summed E-state index contributed by atoms with van der Waals surface area (Å²) in [6, 6.07) is 7.48. The Morgan fingerprint density at radius 3 is 1.27 bits per heavy atom. The fraction of sp³-hybridized carbons (Fsp3) is 0.425. The van der Waals surface area contributed by atoms with E-state index in [1.807, 2.05) is 104 Å². The number of aromatic amines is 1. The second-order valence-electron chi connectivity index (χ2n) is 27.5. The van der Waals surface area contributed by atoms with E-state index in [4.69, 9.17) is 31.1 Å². The number of nitrogen functional groups attached to an aromatic ring is 2. The van der Waals surface area contributed by atoms with E-state index in [9.17, 15) is 23.1 Å². The summed E-state index contributed by atoms with van der Waals surface area (Å²) in [6.07, 6.45) is 34.8. The third-order valence-electron chi connectivity index (χ3n) is 14.3. The molecule has 14 rings (SSSR count). The predicted molar refractivity (Wildman–Crippen MR) is 426 cm³/mol. The van der Waals surface area contributed by atoms with Crippen molar-refractivity contribution < 1.29 is 41.2 Å². The summed E-state index contributed by atoms with van der Waals surface area (Å²) in [5.74, 6) is 1.46. The number of rotatable bonds is 22. The summed E-state index contributed by atoms with van der Waals surface area (Å²) in [7, 11) is -3.22. The van der Waals surface area contributed by atoms with Gasteiger partial charge in [-0.1, -0.05) is 104 Å². The Morgan fingerprint density at radius 1 is 0.526 bits per heavy atom. The number of ketones is 1. The number of pyridine rings is 2. The average Bonchev–Trinajstić information content (AvgIpc) is 1.54. The molecular weight excluding hydrogens is 1490 g/mol. The van der Waals surface area contributed by atoms with Gasteiger partial charge in [0.05, 0.1) is 87.9 Å². The SMILES string of the molecule is C.CC(C)CO.CC(C)COS(C)(=O)=O.CC(C)Cn1ccnn1.CC(C)Cn1ccnn1.CC(C)Cn1nccn1.C[C@@H](N)Cn1ccnn1.Cc1cnc2ccc(-c3nc(C(=O)C[C@H](C)Cn4ccnn4)c(N)nc3-c3ncco3)cn12.Cc1cnc2ccc(-c3nc(C(=O)O)c(N)nc3-c3ncco3)cn12.c1cn[nH]n1. The third kappa shape index (κ3) is 32.0. The lowest BCUT2D eigenvalue weighted by atomic mass is 10.0. The molecule has 0 spiro atoms. The number of carboxylic acid groups (broad SMARTS) is 1. The van der Waals surface area contributed by atoms with Crippen LogP contribution < -0.4 is 17.2 Å². The van der Waals surface area contributed by atoms with Gasteiger partial charge in [-0.15, -0.1) is 20.4 Å². The molecule has 0 bridgehead atoms. The van der Waals surface area contributed by atoms with Crippen LogP contribution >= 0.6 is 0 Å². The van der Waals surface area contributed by atoms with Gasteiger partial charge in [-0.2, -0.15) is 38.8 Å². The van der Waals surface area contributed by atoms with Crippen molar-refractivity contribution in [2.75, 3.05) is 30.9 Å². The number of aryl methyl sites for hydroxylation is 2. The van der Waals surface area contributed by atoms with Crippen molar-refractivity contribution >= 4 is 44.8 Å². The fourth-order valence-electron chi connectivity index (χ4n) is 9.38. The van der Waals surface area contributed by atoms with Gasteiger partial charge in [0.2, 0.25) is 11.8 Å². The van der Waals surface area contributed by atoms with E-state index in [0.717, 1.165) is 60.7 Å². The summed E-state index contributed by atoms with van der Waals surface area (Å²) >= 11 is 0.